The topological polar surface area (TPSA) is 23.5 Å². The van der Waals surface area contributed by atoms with Crippen molar-refractivity contribution in [3.63, 3.8) is 0 Å². The summed E-state index contributed by atoms with van der Waals surface area (Å²) in [5, 5.41) is 9.80. The second-order valence-electron chi connectivity index (χ2n) is 3.84. The maximum atomic E-state index is 9.80. The summed E-state index contributed by atoms with van der Waals surface area (Å²) in [6.45, 7) is 4.05. The van der Waals surface area contributed by atoms with E-state index in [1.54, 1.807) is 0 Å². The number of hydrogen-bond donors (Lipinski definition) is 1. The van der Waals surface area contributed by atoms with Gasteiger partial charge in [-0.2, -0.15) is 0 Å². The van der Waals surface area contributed by atoms with Gasteiger partial charge in [-0.1, -0.05) is 25.5 Å². The van der Waals surface area contributed by atoms with E-state index in [1.807, 2.05) is 18.2 Å². The monoisotopic (exact) mass is 271 g/mol. The van der Waals surface area contributed by atoms with Crippen LogP contribution in [0.2, 0.25) is 0 Å². The van der Waals surface area contributed by atoms with Crippen molar-refractivity contribution in [1.29, 1.82) is 0 Å². The highest BCUT2D eigenvalue weighted by Gasteiger charge is 2.06. The van der Waals surface area contributed by atoms with Gasteiger partial charge in [-0.05, 0) is 42.0 Å². The zero-order valence-corrected chi connectivity index (χ0v) is 10.9. The number of unbranched alkanes of at least 4 members (excludes halogenated alkanes) is 1. The lowest BCUT2D eigenvalue weighted by Crippen LogP contribution is -2.18. The van der Waals surface area contributed by atoms with Crippen LogP contribution in [-0.4, -0.2) is 23.6 Å². The highest BCUT2D eigenvalue weighted by molar-refractivity contribution is 9.10. The average molecular weight is 272 g/mol. The van der Waals surface area contributed by atoms with Gasteiger partial charge in [0, 0.05) is 12.1 Å². The molecule has 0 aromatic heterocycles. The Kier molecular flexibility index (Phi) is 5.12. The van der Waals surface area contributed by atoms with E-state index in [-0.39, 0.29) is 0 Å². The van der Waals surface area contributed by atoms with Crippen LogP contribution in [0.3, 0.4) is 0 Å². The highest BCUT2D eigenvalue weighted by Crippen LogP contribution is 2.28. The van der Waals surface area contributed by atoms with E-state index in [1.165, 1.54) is 12.8 Å². The van der Waals surface area contributed by atoms with Gasteiger partial charge in [-0.15, -0.1) is 0 Å². The Morgan fingerprint density at radius 2 is 2.13 bits per heavy atom. The van der Waals surface area contributed by atoms with Crippen molar-refractivity contribution in [1.82, 2.24) is 4.90 Å². The Morgan fingerprint density at radius 3 is 2.80 bits per heavy atom. The molecule has 0 saturated heterocycles. The molecule has 0 aliphatic carbocycles. The smallest absolute Gasteiger partial charge is 0.134 e. The van der Waals surface area contributed by atoms with Crippen molar-refractivity contribution in [2.45, 2.75) is 26.3 Å². The predicted octanol–water partition coefficient (Wildman–Crippen LogP) is 3.39. The van der Waals surface area contributed by atoms with Crippen LogP contribution in [0.1, 0.15) is 25.3 Å². The summed E-state index contributed by atoms with van der Waals surface area (Å²) >= 11 is 3.32. The maximum absolute atomic E-state index is 9.80. The molecule has 0 unspecified atom stereocenters. The van der Waals surface area contributed by atoms with Crippen LogP contribution < -0.4 is 0 Å². The Labute approximate surface area is 100 Å². The second-order valence-corrected chi connectivity index (χ2v) is 4.69. The van der Waals surface area contributed by atoms with Crippen LogP contribution in [0.25, 0.3) is 0 Å². The molecule has 0 amide bonds. The Morgan fingerprint density at radius 1 is 1.40 bits per heavy atom. The number of halogens is 1. The molecule has 15 heavy (non-hydrogen) atoms. The van der Waals surface area contributed by atoms with Crippen molar-refractivity contribution in [2.24, 2.45) is 0 Å². The molecule has 0 bridgehead atoms. The summed E-state index contributed by atoms with van der Waals surface area (Å²) in [6, 6.07) is 5.76. The standard InChI is InChI=1S/C12H18BrNO/c1-3-4-8-14(2)9-10-6-5-7-11(13)12(10)15/h5-7,15H,3-4,8-9H2,1-2H3. The van der Waals surface area contributed by atoms with E-state index >= 15 is 0 Å². The number of phenolic OH excluding ortho intramolecular Hbond substituents is 1. The van der Waals surface area contributed by atoms with Gasteiger partial charge in [0.2, 0.25) is 0 Å². The number of phenols is 1. The van der Waals surface area contributed by atoms with Crippen molar-refractivity contribution in [2.75, 3.05) is 13.6 Å². The van der Waals surface area contributed by atoms with Gasteiger partial charge in [-0.25, -0.2) is 0 Å². The molecule has 0 saturated carbocycles. The fraction of sp³-hybridized carbons (Fsp3) is 0.500. The summed E-state index contributed by atoms with van der Waals surface area (Å²) < 4.78 is 0.767. The highest BCUT2D eigenvalue weighted by atomic mass is 79.9. The number of benzene rings is 1. The molecule has 84 valence electrons. The molecule has 1 aromatic rings. The molecule has 0 aliphatic heterocycles. The van der Waals surface area contributed by atoms with Gasteiger partial charge in [-0.3, -0.25) is 0 Å². The predicted molar refractivity (Wildman–Crippen MR) is 67.0 cm³/mol. The molecule has 3 heteroatoms. The normalized spacial score (nSPS) is 10.9. The Balaban J connectivity index is 2.60. The number of rotatable bonds is 5. The van der Waals surface area contributed by atoms with E-state index < -0.39 is 0 Å². The first-order valence-corrected chi connectivity index (χ1v) is 6.09. The molecular weight excluding hydrogens is 254 g/mol. The minimum Gasteiger partial charge on any atom is -0.506 e. The first kappa shape index (κ1) is 12.5. The van der Waals surface area contributed by atoms with E-state index in [2.05, 4.69) is 34.8 Å². The van der Waals surface area contributed by atoms with Crippen LogP contribution in [0.5, 0.6) is 5.75 Å². The van der Waals surface area contributed by atoms with Crippen LogP contribution in [0, 0.1) is 0 Å². The fourth-order valence-electron chi connectivity index (χ4n) is 1.49. The molecular formula is C12H18BrNO. The summed E-state index contributed by atoms with van der Waals surface area (Å²) in [5.41, 5.74) is 0.975. The minimum atomic E-state index is 0.362. The third-order valence-corrected chi connectivity index (χ3v) is 3.04. The van der Waals surface area contributed by atoms with E-state index in [0.29, 0.717) is 5.75 Å². The molecule has 1 rings (SSSR count). The SMILES string of the molecule is CCCCN(C)Cc1cccc(Br)c1O. The van der Waals surface area contributed by atoms with E-state index in [4.69, 9.17) is 0 Å². The van der Waals surface area contributed by atoms with Crippen LogP contribution in [-0.2, 0) is 6.54 Å². The Hall–Kier alpha value is -0.540. The molecule has 0 atom stereocenters. The summed E-state index contributed by atoms with van der Waals surface area (Å²) in [7, 11) is 2.08. The lowest BCUT2D eigenvalue weighted by Gasteiger charge is -2.17. The summed E-state index contributed by atoms with van der Waals surface area (Å²) in [6.07, 6.45) is 2.40. The van der Waals surface area contributed by atoms with Crippen LogP contribution in [0.4, 0.5) is 0 Å². The van der Waals surface area contributed by atoms with E-state index in [0.717, 1.165) is 23.1 Å². The zero-order chi connectivity index (χ0) is 11.3. The molecule has 1 aromatic carbocycles. The third-order valence-electron chi connectivity index (χ3n) is 2.40. The fourth-order valence-corrected chi connectivity index (χ4v) is 1.89. The first-order chi connectivity index (χ1) is 7.15. The number of nitrogens with zero attached hydrogens (tertiary/aromatic N) is 1. The zero-order valence-electron chi connectivity index (χ0n) is 9.33. The van der Waals surface area contributed by atoms with Gasteiger partial charge in [0.1, 0.15) is 5.75 Å². The largest absolute Gasteiger partial charge is 0.506 e. The lowest BCUT2D eigenvalue weighted by molar-refractivity contribution is 0.314. The minimum absolute atomic E-state index is 0.362. The lowest BCUT2D eigenvalue weighted by atomic mass is 10.2. The van der Waals surface area contributed by atoms with Gasteiger partial charge >= 0.3 is 0 Å². The second kappa shape index (κ2) is 6.13. The van der Waals surface area contributed by atoms with Crippen molar-refractivity contribution in [3.05, 3.63) is 28.2 Å². The van der Waals surface area contributed by atoms with Crippen LogP contribution >= 0.6 is 15.9 Å². The molecule has 0 spiro atoms. The number of aromatic hydroxyl groups is 1. The van der Waals surface area contributed by atoms with Gasteiger partial charge in [0.15, 0.2) is 0 Å². The third kappa shape index (κ3) is 3.84. The molecule has 0 aliphatic rings. The summed E-state index contributed by atoms with van der Waals surface area (Å²) in [5.74, 6) is 0.362. The molecule has 1 N–H and O–H groups in total. The van der Waals surface area contributed by atoms with Gasteiger partial charge in [0.25, 0.3) is 0 Å². The van der Waals surface area contributed by atoms with Crippen molar-refractivity contribution < 1.29 is 5.11 Å². The first-order valence-electron chi connectivity index (χ1n) is 5.30. The van der Waals surface area contributed by atoms with E-state index in [9.17, 15) is 5.11 Å². The maximum Gasteiger partial charge on any atom is 0.134 e. The van der Waals surface area contributed by atoms with Crippen molar-refractivity contribution >= 4 is 15.9 Å². The molecule has 0 radical (unpaired) electrons. The summed E-state index contributed by atoms with van der Waals surface area (Å²) in [4.78, 5) is 2.23. The quantitative estimate of drug-likeness (QED) is 0.888. The average Bonchev–Trinajstić information content (AvgIpc) is 2.22. The van der Waals surface area contributed by atoms with Gasteiger partial charge < -0.3 is 10.0 Å². The number of hydrogen-bond acceptors (Lipinski definition) is 2. The molecule has 2 nitrogen and oxygen atoms in total. The van der Waals surface area contributed by atoms with Crippen LogP contribution in [0.15, 0.2) is 22.7 Å². The van der Waals surface area contributed by atoms with Crippen molar-refractivity contribution in [3.8, 4) is 5.75 Å². The number of para-hydroxylation sites is 1. The molecule has 0 fully saturated rings. The Bertz CT molecular complexity index is 314. The van der Waals surface area contributed by atoms with Gasteiger partial charge in [0.05, 0.1) is 4.47 Å². The molecule has 0 heterocycles.